The summed E-state index contributed by atoms with van der Waals surface area (Å²) in [6.07, 6.45) is 2.66. The third-order valence-corrected chi connectivity index (χ3v) is 4.90. The highest BCUT2D eigenvalue weighted by atomic mass is 32.2. The fraction of sp³-hybridized carbons (Fsp3) is 0.381. The number of nitrogens with one attached hydrogen (secondary N) is 1. The summed E-state index contributed by atoms with van der Waals surface area (Å²) in [5, 5.41) is 2.96. The number of rotatable bonds is 10. The third kappa shape index (κ3) is 6.48. The highest BCUT2D eigenvalue weighted by molar-refractivity contribution is 7.98. The minimum atomic E-state index is -0.490. The summed E-state index contributed by atoms with van der Waals surface area (Å²) in [6.45, 7) is 2.39. The van der Waals surface area contributed by atoms with Gasteiger partial charge in [-0.15, -0.1) is 0 Å². The van der Waals surface area contributed by atoms with Crippen LogP contribution in [0.15, 0.2) is 48.5 Å². The molecule has 0 aliphatic rings. The fourth-order valence-electron chi connectivity index (χ4n) is 2.59. The van der Waals surface area contributed by atoms with Crippen molar-refractivity contribution in [2.45, 2.75) is 32.0 Å². The van der Waals surface area contributed by atoms with Gasteiger partial charge in [-0.2, -0.15) is 11.8 Å². The van der Waals surface area contributed by atoms with Crippen LogP contribution in [0.25, 0.3) is 0 Å². The van der Waals surface area contributed by atoms with Gasteiger partial charge in [0.2, 0.25) is 5.91 Å². The van der Waals surface area contributed by atoms with Crippen molar-refractivity contribution in [3.63, 3.8) is 0 Å². The van der Waals surface area contributed by atoms with Gasteiger partial charge in [0.25, 0.3) is 0 Å². The average molecular weight is 389 g/mol. The van der Waals surface area contributed by atoms with E-state index >= 15 is 0 Å². The highest BCUT2D eigenvalue weighted by Crippen LogP contribution is 2.31. The number of methoxy groups -OCH3 is 1. The average Bonchev–Trinajstić information content (AvgIpc) is 2.70. The van der Waals surface area contributed by atoms with Crippen molar-refractivity contribution in [1.82, 2.24) is 5.32 Å². The lowest BCUT2D eigenvalue weighted by molar-refractivity contribution is -0.123. The van der Waals surface area contributed by atoms with Gasteiger partial charge in [-0.1, -0.05) is 36.4 Å². The number of ether oxygens (including phenoxy) is 2. The van der Waals surface area contributed by atoms with Gasteiger partial charge in [0.15, 0.2) is 11.5 Å². The molecule has 2 aromatic rings. The number of benzene rings is 2. The van der Waals surface area contributed by atoms with E-state index in [9.17, 15) is 4.79 Å². The van der Waals surface area contributed by atoms with E-state index in [0.717, 1.165) is 16.9 Å². The standard InChI is InChI=1S/C21H28N2O3S/c1-15(23-21(24)18(22)11-12-27-3)17-9-10-19(20(13-17)25-2)26-14-16-7-5-4-6-8-16/h4-10,13,15,18H,11-12,14,22H2,1-3H3,(H,23,24)/t15?,18-/m0/s1. The van der Waals surface area contributed by atoms with E-state index in [1.807, 2.05) is 61.7 Å². The van der Waals surface area contributed by atoms with Gasteiger partial charge >= 0.3 is 0 Å². The molecule has 2 aromatic carbocycles. The molecule has 1 unspecified atom stereocenters. The molecule has 2 rings (SSSR count). The van der Waals surface area contributed by atoms with Gasteiger partial charge in [-0.3, -0.25) is 4.79 Å². The molecule has 0 fully saturated rings. The van der Waals surface area contributed by atoms with Gasteiger partial charge in [-0.05, 0) is 48.6 Å². The zero-order valence-electron chi connectivity index (χ0n) is 16.1. The summed E-state index contributed by atoms with van der Waals surface area (Å²) in [4.78, 5) is 12.2. The molecule has 0 aliphatic heterocycles. The van der Waals surface area contributed by atoms with E-state index in [2.05, 4.69) is 5.32 Å². The molecule has 5 nitrogen and oxygen atoms in total. The molecular formula is C21H28N2O3S. The van der Waals surface area contributed by atoms with Crippen molar-refractivity contribution >= 4 is 17.7 Å². The normalized spacial score (nSPS) is 12.9. The first-order valence-corrected chi connectivity index (χ1v) is 10.3. The summed E-state index contributed by atoms with van der Waals surface area (Å²) >= 11 is 1.68. The van der Waals surface area contributed by atoms with E-state index in [-0.39, 0.29) is 11.9 Å². The molecule has 6 heteroatoms. The van der Waals surface area contributed by atoms with Crippen molar-refractivity contribution in [3.05, 3.63) is 59.7 Å². The van der Waals surface area contributed by atoms with Crippen LogP contribution in [0.1, 0.15) is 30.5 Å². The Morgan fingerprint density at radius 2 is 1.93 bits per heavy atom. The molecule has 0 radical (unpaired) electrons. The van der Waals surface area contributed by atoms with Crippen LogP contribution in [-0.4, -0.2) is 31.1 Å². The second kappa shape index (κ2) is 10.8. The number of nitrogens with two attached hydrogens (primary N) is 1. The summed E-state index contributed by atoms with van der Waals surface area (Å²) in [5.74, 6) is 2.03. The fourth-order valence-corrected chi connectivity index (χ4v) is 3.08. The molecule has 1 amide bonds. The Morgan fingerprint density at radius 3 is 2.59 bits per heavy atom. The van der Waals surface area contributed by atoms with Gasteiger partial charge in [0.05, 0.1) is 19.2 Å². The molecule has 0 saturated carbocycles. The molecule has 0 bridgehead atoms. The lowest BCUT2D eigenvalue weighted by Crippen LogP contribution is -2.41. The Hall–Kier alpha value is -2.18. The van der Waals surface area contributed by atoms with Crippen LogP contribution in [0.2, 0.25) is 0 Å². The largest absolute Gasteiger partial charge is 0.493 e. The van der Waals surface area contributed by atoms with Crippen molar-refractivity contribution in [2.24, 2.45) is 5.73 Å². The van der Waals surface area contributed by atoms with E-state index in [1.54, 1.807) is 18.9 Å². The Balaban J connectivity index is 2.00. The Kier molecular flexibility index (Phi) is 8.48. The minimum absolute atomic E-state index is 0.139. The van der Waals surface area contributed by atoms with Gasteiger partial charge in [0.1, 0.15) is 6.61 Å². The molecule has 0 aromatic heterocycles. The van der Waals surface area contributed by atoms with Gasteiger partial charge in [0, 0.05) is 0 Å². The predicted molar refractivity (Wildman–Crippen MR) is 111 cm³/mol. The third-order valence-electron chi connectivity index (χ3n) is 4.25. The van der Waals surface area contributed by atoms with Crippen LogP contribution in [-0.2, 0) is 11.4 Å². The molecule has 27 heavy (non-hydrogen) atoms. The van der Waals surface area contributed by atoms with Crippen LogP contribution in [0, 0.1) is 0 Å². The van der Waals surface area contributed by atoms with E-state index in [1.165, 1.54) is 0 Å². The van der Waals surface area contributed by atoms with Crippen LogP contribution >= 0.6 is 11.8 Å². The molecule has 2 atom stereocenters. The maximum Gasteiger partial charge on any atom is 0.237 e. The van der Waals surface area contributed by atoms with Crippen LogP contribution in [0.5, 0.6) is 11.5 Å². The second-order valence-corrected chi connectivity index (χ2v) is 7.29. The molecule has 0 spiro atoms. The van der Waals surface area contributed by atoms with Gasteiger partial charge in [-0.25, -0.2) is 0 Å². The zero-order valence-corrected chi connectivity index (χ0v) is 16.9. The summed E-state index contributed by atoms with van der Waals surface area (Å²) in [7, 11) is 1.61. The van der Waals surface area contributed by atoms with E-state index in [4.69, 9.17) is 15.2 Å². The van der Waals surface area contributed by atoms with Gasteiger partial charge < -0.3 is 20.5 Å². The first-order chi connectivity index (χ1) is 13.0. The number of amides is 1. The molecule has 146 valence electrons. The molecule has 0 aliphatic carbocycles. The topological polar surface area (TPSA) is 73.6 Å². The Bertz CT molecular complexity index is 725. The molecule has 0 saturated heterocycles. The quantitative estimate of drug-likeness (QED) is 0.651. The van der Waals surface area contributed by atoms with Crippen LogP contribution < -0.4 is 20.5 Å². The van der Waals surface area contributed by atoms with Crippen LogP contribution in [0.4, 0.5) is 0 Å². The number of thioether (sulfide) groups is 1. The highest BCUT2D eigenvalue weighted by Gasteiger charge is 2.17. The first kappa shape index (κ1) is 21.1. The number of carbonyl (C=O) groups is 1. The second-order valence-electron chi connectivity index (χ2n) is 6.30. The summed E-state index contributed by atoms with van der Waals surface area (Å²) in [5.41, 5.74) is 7.96. The lowest BCUT2D eigenvalue weighted by atomic mass is 10.1. The predicted octanol–water partition coefficient (Wildman–Crippen LogP) is 3.53. The van der Waals surface area contributed by atoms with Crippen molar-refractivity contribution in [2.75, 3.05) is 19.1 Å². The first-order valence-electron chi connectivity index (χ1n) is 8.94. The Labute approximate surface area is 165 Å². The molecular weight excluding hydrogens is 360 g/mol. The van der Waals surface area contributed by atoms with Crippen LogP contribution in [0.3, 0.4) is 0 Å². The smallest absolute Gasteiger partial charge is 0.237 e. The molecule has 3 N–H and O–H groups in total. The number of carbonyl (C=O) groups excluding carboxylic acids is 1. The van der Waals surface area contributed by atoms with E-state index in [0.29, 0.717) is 24.5 Å². The number of hydrogen-bond donors (Lipinski definition) is 2. The summed E-state index contributed by atoms with van der Waals surface area (Å²) in [6, 6.07) is 15.0. The maximum atomic E-state index is 12.2. The Morgan fingerprint density at radius 1 is 1.19 bits per heavy atom. The van der Waals surface area contributed by atoms with Crippen molar-refractivity contribution in [1.29, 1.82) is 0 Å². The number of hydrogen-bond acceptors (Lipinski definition) is 5. The maximum absolute atomic E-state index is 12.2. The van der Waals surface area contributed by atoms with E-state index < -0.39 is 6.04 Å². The SMILES string of the molecule is COc1cc(C(C)NC(=O)[C@@H](N)CCSC)ccc1OCc1ccccc1. The zero-order chi connectivity index (χ0) is 19.6. The van der Waals surface area contributed by atoms with Crippen molar-refractivity contribution < 1.29 is 14.3 Å². The minimum Gasteiger partial charge on any atom is -0.493 e. The summed E-state index contributed by atoms with van der Waals surface area (Å²) < 4.78 is 11.3. The monoisotopic (exact) mass is 388 g/mol. The molecule has 0 heterocycles. The van der Waals surface area contributed by atoms with Crippen molar-refractivity contribution in [3.8, 4) is 11.5 Å². The lowest BCUT2D eigenvalue weighted by Gasteiger charge is -2.19.